The van der Waals surface area contributed by atoms with Crippen LogP contribution in [0.2, 0.25) is 0 Å². The average molecular weight is 350 g/mol. The van der Waals surface area contributed by atoms with E-state index in [9.17, 15) is 4.79 Å². The van der Waals surface area contributed by atoms with Gasteiger partial charge in [-0.15, -0.1) is 0 Å². The van der Waals surface area contributed by atoms with Crippen molar-refractivity contribution in [2.75, 3.05) is 5.32 Å². The molecule has 4 fully saturated rings. The second-order valence-corrected chi connectivity index (χ2v) is 8.41. The molecule has 2 saturated carbocycles. The maximum Gasteiger partial charge on any atom is 0.322 e. The fourth-order valence-electron chi connectivity index (χ4n) is 4.83. The summed E-state index contributed by atoms with van der Waals surface area (Å²) >= 11 is 0. The van der Waals surface area contributed by atoms with E-state index in [1.54, 1.807) is 0 Å². The van der Waals surface area contributed by atoms with E-state index in [1.807, 2.05) is 24.0 Å². The number of aromatic nitrogens is 2. The summed E-state index contributed by atoms with van der Waals surface area (Å²) in [7, 11) is 1.94. The average Bonchev–Trinajstić information content (AvgIpc) is 3.35. The molecular weight excluding hydrogens is 324 g/mol. The second-order valence-electron chi connectivity index (χ2n) is 8.41. The lowest BCUT2D eigenvalue weighted by Gasteiger charge is -2.54. The van der Waals surface area contributed by atoms with Crippen LogP contribution in [0.4, 0.5) is 10.5 Å². The summed E-state index contributed by atoms with van der Waals surface area (Å²) in [6.07, 6.45) is 7.94. The third-order valence-corrected chi connectivity index (χ3v) is 6.23. The molecule has 1 N–H and O–H groups in total. The van der Waals surface area contributed by atoms with Gasteiger partial charge in [0.2, 0.25) is 0 Å². The highest BCUT2D eigenvalue weighted by Gasteiger charge is 2.46. The van der Waals surface area contributed by atoms with Crippen LogP contribution in [0.15, 0.2) is 30.5 Å². The molecule has 5 nitrogen and oxygen atoms in total. The largest absolute Gasteiger partial charge is 0.322 e. The molecule has 136 valence electrons. The van der Waals surface area contributed by atoms with Crippen LogP contribution in [-0.4, -0.2) is 32.8 Å². The van der Waals surface area contributed by atoms with Gasteiger partial charge in [-0.25, -0.2) is 4.79 Å². The lowest BCUT2D eigenvalue weighted by atomic mass is 9.74. The Morgan fingerprint density at radius 1 is 1.15 bits per heavy atom. The molecule has 2 saturated heterocycles. The van der Waals surface area contributed by atoms with Crippen LogP contribution < -0.4 is 5.32 Å². The number of piperidine rings is 1. The Labute approximate surface area is 154 Å². The SMILES string of the molecule is CC1C[C@@H]2C[C@H](C1)N2C(=O)Nc1ccc(C2CC2)c(-c2ccn(C)n2)c1. The van der Waals surface area contributed by atoms with E-state index in [0.717, 1.165) is 35.7 Å². The summed E-state index contributed by atoms with van der Waals surface area (Å²) in [5.74, 6) is 1.39. The highest BCUT2D eigenvalue weighted by atomic mass is 16.2. The maximum absolute atomic E-state index is 12.8. The van der Waals surface area contributed by atoms with Gasteiger partial charge in [0.05, 0.1) is 5.69 Å². The maximum atomic E-state index is 12.8. The van der Waals surface area contributed by atoms with E-state index in [4.69, 9.17) is 0 Å². The number of hydrogen-bond donors (Lipinski definition) is 1. The lowest BCUT2D eigenvalue weighted by molar-refractivity contribution is -0.00600. The van der Waals surface area contributed by atoms with Gasteiger partial charge in [0, 0.05) is 36.6 Å². The van der Waals surface area contributed by atoms with E-state index in [0.29, 0.717) is 18.0 Å². The van der Waals surface area contributed by atoms with Crippen LogP contribution in [0.25, 0.3) is 11.3 Å². The van der Waals surface area contributed by atoms with Gasteiger partial charge in [-0.3, -0.25) is 4.68 Å². The molecule has 1 unspecified atom stereocenters. The second kappa shape index (κ2) is 5.86. The molecule has 2 bridgehead atoms. The van der Waals surface area contributed by atoms with E-state index in [2.05, 4.69) is 40.4 Å². The Morgan fingerprint density at radius 3 is 2.58 bits per heavy atom. The molecule has 3 heterocycles. The van der Waals surface area contributed by atoms with Gasteiger partial charge in [0.25, 0.3) is 0 Å². The molecule has 2 aromatic rings. The van der Waals surface area contributed by atoms with E-state index in [-0.39, 0.29) is 6.03 Å². The number of aryl methyl sites for hydroxylation is 1. The van der Waals surface area contributed by atoms with E-state index < -0.39 is 0 Å². The molecular formula is C21H26N4O. The Hall–Kier alpha value is -2.30. The van der Waals surface area contributed by atoms with Crippen molar-refractivity contribution in [2.24, 2.45) is 13.0 Å². The highest BCUT2D eigenvalue weighted by molar-refractivity contribution is 5.91. The quantitative estimate of drug-likeness (QED) is 0.894. The zero-order chi connectivity index (χ0) is 17.8. The summed E-state index contributed by atoms with van der Waals surface area (Å²) < 4.78 is 1.83. The predicted octanol–water partition coefficient (Wildman–Crippen LogP) is 4.37. The molecule has 3 atom stereocenters. The number of anilines is 1. The van der Waals surface area contributed by atoms with Gasteiger partial charge >= 0.3 is 6.03 Å². The first-order valence-electron chi connectivity index (χ1n) is 9.82. The topological polar surface area (TPSA) is 50.2 Å². The van der Waals surface area contributed by atoms with Gasteiger partial charge in [-0.2, -0.15) is 5.10 Å². The predicted molar refractivity (Wildman–Crippen MR) is 102 cm³/mol. The zero-order valence-corrected chi connectivity index (χ0v) is 15.5. The summed E-state index contributed by atoms with van der Waals surface area (Å²) in [5.41, 5.74) is 4.37. The number of fused-ring (bicyclic) bond motifs is 2. The minimum absolute atomic E-state index is 0.0595. The molecule has 2 aliphatic heterocycles. The molecule has 26 heavy (non-hydrogen) atoms. The lowest BCUT2D eigenvalue weighted by Crippen LogP contribution is -2.63. The van der Waals surface area contributed by atoms with Gasteiger partial charge in [0.15, 0.2) is 0 Å². The molecule has 1 aromatic carbocycles. The van der Waals surface area contributed by atoms with Gasteiger partial charge in [0.1, 0.15) is 0 Å². The van der Waals surface area contributed by atoms with Crippen molar-refractivity contribution in [3.05, 3.63) is 36.0 Å². The number of carbonyl (C=O) groups excluding carboxylic acids is 1. The van der Waals surface area contributed by atoms with E-state index >= 15 is 0 Å². The van der Waals surface area contributed by atoms with Crippen molar-refractivity contribution in [1.29, 1.82) is 0 Å². The summed E-state index contributed by atoms with van der Waals surface area (Å²) in [4.78, 5) is 14.9. The van der Waals surface area contributed by atoms with Crippen molar-refractivity contribution in [3.8, 4) is 11.3 Å². The molecule has 5 heteroatoms. The van der Waals surface area contributed by atoms with Gasteiger partial charge in [-0.05, 0) is 67.7 Å². The van der Waals surface area contributed by atoms with Crippen LogP contribution in [0.5, 0.6) is 0 Å². The summed E-state index contributed by atoms with van der Waals surface area (Å²) in [6.45, 7) is 2.30. The fourth-order valence-corrected chi connectivity index (χ4v) is 4.83. The minimum Gasteiger partial charge on any atom is -0.318 e. The Bertz CT molecular complexity index is 841. The third-order valence-electron chi connectivity index (χ3n) is 6.23. The standard InChI is InChI=1S/C21H26N4O/c1-13-9-16-12-17(10-13)25(16)21(26)22-15-5-6-18(14-3-4-14)19(11-15)20-7-8-24(2)23-20/h5-8,11,13-14,16-17H,3-4,9-10,12H2,1-2H3,(H,22,26)/t13?,16-,17+. The van der Waals surface area contributed by atoms with Crippen LogP contribution in [0.3, 0.4) is 0 Å². The van der Waals surface area contributed by atoms with E-state index in [1.165, 1.54) is 24.8 Å². The first kappa shape index (κ1) is 15.9. The number of hydrogen-bond acceptors (Lipinski definition) is 2. The molecule has 2 amide bonds. The number of nitrogens with one attached hydrogen (secondary N) is 1. The van der Waals surface area contributed by atoms with Gasteiger partial charge in [-0.1, -0.05) is 13.0 Å². The molecule has 2 aliphatic carbocycles. The van der Waals surface area contributed by atoms with Crippen molar-refractivity contribution in [2.45, 2.75) is 57.0 Å². The summed E-state index contributed by atoms with van der Waals surface area (Å²) in [6, 6.07) is 9.31. The smallest absolute Gasteiger partial charge is 0.318 e. The van der Waals surface area contributed by atoms with Crippen molar-refractivity contribution in [3.63, 3.8) is 0 Å². The number of benzene rings is 1. The minimum atomic E-state index is 0.0595. The number of nitrogens with zero attached hydrogens (tertiary/aromatic N) is 3. The Morgan fingerprint density at radius 2 is 1.92 bits per heavy atom. The zero-order valence-electron chi connectivity index (χ0n) is 15.5. The van der Waals surface area contributed by atoms with Crippen LogP contribution in [0.1, 0.15) is 50.5 Å². The monoisotopic (exact) mass is 350 g/mol. The van der Waals surface area contributed by atoms with Crippen molar-refractivity contribution in [1.82, 2.24) is 14.7 Å². The van der Waals surface area contributed by atoms with Crippen LogP contribution >= 0.6 is 0 Å². The molecule has 6 rings (SSSR count). The van der Waals surface area contributed by atoms with Crippen molar-refractivity contribution < 1.29 is 4.79 Å². The Balaban J connectivity index is 1.39. The highest BCUT2D eigenvalue weighted by Crippen LogP contribution is 2.45. The van der Waals surface area contributed by atoms with Crippen LogP contribution in [-0.2, 0) is 7.05 Å². The number of rotatable bonds is 3. The number of urea groups is 1. The number of carbonyl (C=O) groups is 1. The normalized spacial score (nSPS) is 27.2. The molecule has 1 aromatic heterocycles. The van der Waals surface area contributed by atoms with Crippen LogP contribution in [0, 0.1) is 5.92 Å². The molecule has 0 radical (unpaired) electrons. The third kappa shape index (κ3) is 2.70. The molecule has 4 aliphatic rings. The Kier molecular flexibility index (Phi) is 3.59. The first-order valence-corrected chi connectivity index (χ1v) is 9.82. The van der Waals surface area contributed by atoms with Gasteiger partial charge < -0.3 is 10.2 Å². The first-order chi connectivity index (χ1) is 12.6. The number of amides is 2. The summed E-state index contributed by atoms with van der Waals surface area (Å²) in [5, 5.41) is 7.73. The fraction of sp³-hybridized carbons (Fsp3) is 0.524. The van der Waals surface area contributed by atoms with Crippen molar-refractivity contribution >= 4 is 11.7 Å². The molecule has 0 spiro atoms.